The maximum Gasteiger partial charge on any atom is 0.00872 e. The molecule has 18 heavy (non-hydrogen) atoms. The van der Waals surface area contributed by atoms with Crippen LogP contribution in [0.2, 0.25) is 0 Å². The Labute approximate surface area is 115 Å². The summed E-state index contributed by atoms with van der Waals surface area (Å²) in [5, 5.41) is 3.61. The Morgan fingerprint density at radius 2 is 1.67 bits per heavy atom. The Kier molecular flexibility index (Phi) is 7.25. The maximum absolute atomic E-state index is 3.61. The van der Waals surface area contributed by atoms with E-state index in [4.69, 9.17) is 0 Å². The molecule has 2 nitrogen and oxygen atoms in total. The van der Waals surface area contributed by atoms with Crippen LogP contribution in [0.4, 0.5) is 0 Å². The molecule has 0 spiro atoms. The van der Waals surface area contributed by atoms with Gasteiger partial charge in [-0.3, -0.25) is 0 Å². The van der Waals surface area contributed by atoms with Crippen LogP contribution in [0.15, 0.2) is 0 Å². The van der Waals surface area contributed by atoms with Crippen LogP contribution < -0.4 is 5.32 Å². The number of rotatable bonds is 8. The summed E-state index contributed by atoms with van der Waals surface area (Å²) in [4.78, 5) is 2.63. The molecule has 1 fully saturated rings. The summed E-state index contributed by atoms with van der Waals surface area (Å²) in [5.74, 6) is 0. The summed E-state index contributed by atoms with van der Waals surface area (Å²) in [6.45, 7) is 10.5. The topological polar surface area (TPSA) is 15.3 Å². The fourth-order valence-electron chi connectivity index (χ4n) is 3.65. The van der Waals surface area contributed by atoms with Crippen LogP contribution in [0.1, 0.15) is 65.7 Å². The molecule has 0 aromatic rings. The minimum atomic E-state index is 0.547. The van der Waals surface area contributed by atoms with E-state index in [0.29, 0.717) is 5.41 Å². The van der Waals surface area contributed by atoms with Gasteiger partial charge in [0.15, 0.2) is 0 Å². The first kappa shape index (κ1) is 16.0. The van der Waals surface area contributed by atoms with E-state index in [-0.39, 0.29) is 0 Å². The third kappa shape index (κ3) is 4.55. The number of hydrogen-bond acceptors (Lipinski definition) is 2. The molecular formula is C16H34N2. The van der Waals surface area contributed by atoms with Crippen LogP contribution >= 0.6 is 0 Å². The number of nitrogens with one attached hydrogen (secondary N) is 1. The van der Waals surface area contributed by atoms with Gasteiger partial charge in [0.05, 0.1) is 0 Å². The van der Waals surface area contributed by atoms with E-state index in [1.54, 1.807) is 0 Å². The monoisotopic (exact) mass is 254 g/mol. The lowest BCUT2D eigenvalue weighted by atomic mass is 9.73. The minimum absolute atomic E-state index is 0.547. The predicted molar refractivity (Wildman–Crippen MR) is 81.1 cm³/mol. The molecule has 1 N–H and O–H groups in total. The van der Waals surface area contributed by atoms with Crippen LogP contribution in [-0.4, -0.2) is 37.6 Å². The molecule has 0 unspecified atom stereocenters. The van der Waals surface area contributed by atoms with Gasteiger partial charge < -0.3 is 10.2 Å². The van der Waals surface area contributed by atoms with Crippen molar-refractivity contribution < 1.29 is 0 Å². The van der Waals surface area contributed by atoms with E-state index >= 15 is 0 Å². The van der Waals surface area contributed by atoms with Gasteiger partial charge in [-0.25, -0.2) is 0 Å². The molecule has 2 heteroatoms. The molecule has 0 atom stereocenters. The number of hydrogen-bond donors (Lipinski definition) is 1. The van der Waals surface area contributed by atoms with E-state index in [2.05, 4.69) is 38.0 Å². The summed E-state index contributed by atoms with van der Waals surface area (Å²) < 4.78 is 0. The molecule has 0 heterocycles. The fraction of sp³-hybridized carbons (Fsp3) is 1.00. The molecule has 0 aromatic heterocycles. The Morgan fingerprint density at radius 1 is 1.06 bits per heavy atom. The molecule has 0 aromatic carbocycles. The highest BCUT2D eigenvalue weighted by molar-refractivity contribution is 4.88. The number of nitrogens with zero attached hydrogens (tertiary/aromatic N) is 1. The molecule has 0 saturated heterocycles. The van der Waals surface area contributed by atoms with E-state index in [1.165, 1.54) is 58.0 Å². The van der Waals surface area contributed by atoms with E-state index in [0.717, 1.165) is 12.6 Å². The lowest BCUT2D eigenvalue weighted by Gasteiger charge is -2.42. The zero-order valence-electron chi connectivity index (χ0n) is 13.1. The average molecular weight is 254 g/mol. The SMILES string of the molecule is CCNCC1(CN(C)C(CC)CC)CCCCC1. The zero-order chi connectivity index (χ0) is 13.4. The van der Waals surface area contributed by atoms with Crippen molar-refractivity contribution in [1.29, 1.82) is 0 Å². The molecule has 0 aliphatic heterocycles. The molecule has 0 radical (unpaired) electrons. The molecule has 0 bridgehead atoms. The molecule has 1 rings (SSSR count). The van der Waals surface area contributed by atoms with Crippen LogP contribution in [0.5, 0.6) is 0 Å². The lowest BCUT2D eigenvalue weighted by Crippen LogP contribution is -2.47. The summed E-state index contributed by atoms with van der Waals surface area (Å²) >= 11 is 0. The third-order valence-corrected chi connectivity index (χ3v) is 4.81. The Bertz CT molecular complexity index is 205. The standard InChI is InChI=1S/C16H34N2/c1-5-15(6-2)18(4)14-16(13-17-7-3)11-9-8-10-12-16/h15,17H,5-14H2,1-4H3. The van der Waals surface area contributed by atoms with Gasteiger partial charge in [0.2, 0.25) is 0 Å². The summed E-state index contributed by atoms with van der Waals surface area (Å²) in [5.41, 5.74) is 0.547. The maximum atomic E-state index is 3.61. The molecular weight excluding hydrogens is 220 g/mol. The predicted octanol–water partition coefficient (Wildman–Crippen LogP) is 3.67. The first-order chi connectivity index (χ1) is 8.67. The van der Waals surface area contributed by atoms with Gasteiger partial charge in [-0.2, -0.15) is 0 Å². The van der Waals surface area contributed by atoms with Gasteiger partial charge in [0.1, 0.15) is 0 Å². The van der Waals surface area contributed by atoms with E-state index in [9.17, 15) is 0 Å². The Hall–Kier alpha value is -0.0800. The summed E-state index contributed by atoms with van der Waals surface area (Å²) in [7, 11) is 2.33. The second-order valence-corrected chi connectivity index (χ2v) is 6.23. The van der Waals surface area contributed by atoms with Crippen LogP contribution in [0.3, 0.4) is 0 Å². The van der Waals surface area contributed by atoms with Crippen molar-refractivity contribution >= 4 is 0 Å². The van der Waals surface area contributed by atoms with Crippen molar-refractivity contribution in [3.8, 4) is 0 Å². The van der Waals surface area contributed by atoms with Gasteiger partial charge in [-0.15, -0.1) is 0 Å². The zero-order valence-corrected chi connectivity index (χ0v) is 13.1. The van der Waals surface area contributed by atoms with Gasteiger partial charge in [0.25, 0.3) is 0 Å². The second-order valence-electron chi connectivity index (χ2n) is 6.23. The first-order valence-electron chi connectivity index (χ1n) is 8.08. The van der Waals surface area contributed by atoms with Crippen molar-refractivity contribution in [2.75, 3.05) is 26.7 Å². The average Bonchev–Trinajstić information content (AvgIpc) is 2.39. The largest absolute Gasteiger partial charge is 0.316 e. The quantitative estimate of drug-likeness (QED) is 0.711. The van der Waals surface area contributed by atoms with Crippen LogP contribution in [0, 0.1) is 5.41 Å². The van der Waals surface area contributed by atoms with E-state index in [1.807, 2.05) is 0 Å². The first-order valence-corrected chi connectivity index (χ1v) is 8.08. The molecule has 108 valence electrons. The summed E-state index contributed by atoms with van der Waals surface area (Å²) in [6, 6.07) is 0.769. The fourth-order valence-corrected chi connectivity index (χ4v) is 3.65. The highest BCUT2D eigenvalue weighted by atomic mass is 15.1. The molecule has 1 aliphatic carbocycles. The Morgan fingerprint density at radius 3 is 2.17 bits per heavy atom. The van der Waals surface area contributed by atoms with Gasteiger partial charge in [-0.05, 0) is 44.7 Å². The highest BCUT2D eigenvalue weighted by Crippen LogP contribution is 2.37. The van der Waals surface area contributed by atoms with Gasteiger partial charge >= 0.3 is 0 Å². The van der Waals surface area contributed by atoms with Crippen molar-refractivity contribution in [2.45, 2.75) is 71.8 Å². The third-order valence-electron chi connectivity index (χ3n) is 4.81. The highest BCUT2D eigenvalue weighted by Gasteiger charge is 2.33. The summed E-state index contributed by atoms with van der Waals surface area (Å²) in [6.07, 6.45) is 9.72. The smallest absolute Gasteiger partial charge is 0.00872 e. The molecule has 1 aliphatic rings. The van der Waals surface area contributed by atoms with Crippen molar-refractivity contribution in [3.63, 3.8) is 0 Å². The van der Waals surface area contributed by atoms with E-state index < -0.39 is 0 Å². The Balaban J connectivity index is 2.59. The normalized spacial score (nSPS) is 19.7. The van der Waals surface area contributed by atoms with Crippen molar-refractivity contribution in [2.24, 2.45) is 5.41 Å². The van der Waals surface area contributed by atoms with Crippen molar-refractivity contribution in [3.05, 3.63) is 0 Å². The van der Waals surface area contributed by atoms with Crippen LogP contribution in [0.25, 0.3) is 0 Å². The second kappa shape index (κ2) is 8.16. The molecule has 1 saturated carbocycles. The van der Waals surface area contributed by atoms with Crippen molar-refractivity contribution in [1.82, 2.24) is 10.2 Å². The van der Waals surface area contributed by atoms with Gasteiger partial charge in [0, 0.05) is 19.1 Å². The molecule has 0 amide bonds. The lowest BCUT2D eigenvalue weighted by molar-refractivity contribution is 0.0902. The minimum Gasteiger partial charge on any atom is -0.316 e. The van der Waals surface area contributed by atoms with Crippen LogP contribution in [-0.2, 0) is 0 Å². The van der Waals surface area contributed by atoms with Gasteiger partial charge in [-0.1, -0.05) is 40.0 Å².